The molecule has 0 unspecified atom stereocenters. The van der Waals surface area contributed by atoms with Gasteiger partial charge in [-0.2, -0.15) is 0 Å². The average Bonchev–Trinajstić information content (AvgIpc) is 3.19. The number of aromatic amines is 1. The maximum absolute atomic E-state index is 13.4. The second-order valence-electron chi connectivity index (χ2n) is 11.0. The number of para-hydroxylation sites is 1. The van der Waals surface area contributed by atoms with Gasteiger partial charge in [0, 0.05) is 35.7 Å². The Labute approximate surface area is 240 Å². The van der Waals surface area contributed by atoms with E-state index in [1.54, 1.807) is 0 Å². The molecular formula is C29H44N4O8. The second kappa shape index (κ2) is 14.9. The van der Waals surface area contributed by atoms with E-state index < -0.39 is 36.4 Å². The summed E-state index contributed by atoms with van der Waals surface area (Å²) >= 11 is 0. The van der Waals surface area contributed by atoms with Crippen LogP contribution in [0.4, 0.5) is 0 Å². The van der Waals surface area contributed by atoms with Gasteiger partial charge in [-0.05, 0) is 71.5 Å². The van der Waals surface area contributed by atoms with Gasteiger partial charge in [-0.3, -0.25) is 14.4 Å². The van der Waals surface area contributed by atoms with Crippen molar-refractivity contribution in [3.63, 3.8) is 0 Å². The van der Waals surface area contributed by atoms with Crippen LogP contribution in [0.1, 0.15) is 49.4 Å². The summed E-state index contributed by atoms with van der Waals surface area (Å²) < 4.78 is 0. The summed E-state index contributed by atoms with van der Waals surface area (Å²) in [6.07, 6.45) is 1.34. The number of aromatic nitrogens is 1. The van der Waals surface area contributed by atoms with Crippen molar-refractivity contribution in [1.29, 1.82) is 0 Å². The number of carbonyl (C=O) groups is 4. The first-order chi connectivity index (χ1) is 19.2. The molecular weight excluding hydrogens is 532 g/mol. The fourth-order valence-corrected chi connectivity index (χ4v) is 5.08. The Balaban J connectivity index is 0.000000383. The molecule has 2 aromatic rings. The van der Waals surface area contributed by atoms with Crippen molar-refractivity contribution in [1.82, 2.24) is 19.7 Å². The Kier molecular flexibility index (Phi) is 12.3. The Hall–Kier alpha value is -3.48. The van der Waals surface area contributed by atoms with Crippen LogP contribution >= 0.6 is 0 Å². The summed E-state index contributed by atoms with van der Waals surface area (Å²) in [6, 6.07) is 6.80. The minimum absolute atomic E-state index is 0.266. The number of aryl methyl sites for hydroxylation is 2. The molecule has 0 atom stereocenters. The Bertz CT molecular complexity index is 1200. The van der Waals surface area contributed by atoms with Crippen LogP contribution in [0.25, 0.3) is 10.9 Å². The number of fused-ring (bicyclic) bond motifs is 1. The largest absolute Gasteiger partial charge is 0.481 e. The van der Waals surface area contributed by atoms with Gasteiger partial charge in [0.15, 0.2) is 5.60 Å². The van der Waals surface area contributed by atoms with Crippen LogP contribution in [0, 0.1) is 6.92 Å². The van der Waals surface area contributed by atoms with Crippen LogP contribution < -0.4 is 0 Å². The third kappa shape index (κ3) is 9.55. The first kappa shape index (κ1) is 33.7. The molecule has 5 N–H and O–H groups in total. The van der Waals surface area contributed by atoms with E-state index in [0.717, 1.165) is 56.7 Å². The first-order valence-electron chi connectivity index (χ1n) is 13.8. The number of nitrogens with one attached hydrogen (secondary N) is 1. The summed E-state index contributed by atoms with van der Waals surface area (Å²) in [5.41, 5.74) is 2.07. The molecule has 1 saturated heterocycles. The topological polar surface area (TPSA) is 175 Å². The zero-order valence-electron chi connectivity index (χ0n) is 24.6. The van der Waals surface area contributed by atoms with Gasteiger partial charge < -0.3 is 40.1 Å². The third-order valence-electron chi connectivity index (χ3n) is 7.47. The number of aliphatic hydroxyl groups is 1. The molecule has 41 heavy (non-hydrogen) atoms. The standard InChI is InChI=1S/C23H36N4O.C6H8O7/c1-6-18-8-7-9-20-21(17(2)24-23(18)20)16-22(28)27(15-14-25(3)4)19-10-12-26(5)13-11-19;7-3(8)1-6(13,5(11)12)2-4(9)10/h7-9,19,24H,6,10-16H2,1-5H3;13H,1-2H2,(H,7,8)(H,9,10)(H,11,12). The van der Waals surface area contributed by atoms with Crippen LogP contribution in [-0.4, -0.2) is 123 Å². The molecule has 0 saturated carbocycles. The van der Waals surface area contributed by atoms with Gasteiger partial charge in [-0.15, -0.1) is 0 Å². The van der Waals surface area contributed by atoms with Crippen LogP contribution in [-0.2, 0) is 32.0 Å². The number of H-pyrrole nitrogens is 1. The van der Waals surface area contributed by atoms with Crippen molar-refractivity contribution in [2.45, 2.75) is 64.0 Å². The molecule has 12 heteroatoms. The smallest absolute Gasteiger partial charge is 0.336 e. The number of nitrogens with zero attached hydrogens (tertiary/aromatic N) is 3. The van der Waals surface area contributed by atoms with E-state index in [9.17, 15) is 19.2 Å². The lowest BCUT2D eigenvalue weighted by Crippen LogP contribution is -2.49. The van der Waals surface area contributed by atoms with Crippen molar-refractivity contribution in [3.8, 4) is 0 Å². The Morgan fingerprint density at radius 3 is 2.10 bits per heavy atom. The summed E-state index contributed by atoms with van der Waals surface area (Å²) in [6.45, 7) is 8.14. The van der Waals surface area contributed by atoms with Gasteiger partial charge >= 0.3 is 17.9 Å². The maximum Gasteiger partial charge on any atom is 0.336 e. The molecule has 0 bridgehead atoms. The van der Waals surface area contributed by atoms with Gasteiger partial charge in [-0.1, -0.05) is 25.1 Å². The quantitative estimate of drug-likeness (QED) is 0.251. The Morgan fingerprint density at radius 1 is 1.02 bits per heavy atom. The number of amides is 1. The highest BCUT2D eigenvalue weighted by atomic mass is 16.4. The van der Waals surface area contributed by atoms with E-state index in [-0.39, 0.29) is 5.91 Å². The number of rotatable bonds is 12. The minimum Gasteiger partial charge on any atom is -0.481 e. The van der Waals surface area contributed by atoms with Crippen molar-refractivity contribution in [3.05, 3.63) is 35.0 Å². The predicted octanol–water partition coefficient (Wildman–Crippen LogP) is 1.82. The number of aliphatic carboxylic acids is 3. The maximum atomic E-state index is 13.4. The molecule has 0 aliphatic carbocycles. The summed E-state index contributed by atoms with van der Waals surface area (Å²) in [5.74, 6) is -4.75. The lowest BCUT2D eigenvalue weighted by atomic mass is 9.96. The number of carboxylic acid groups (broad SMARTS) is 3. The monoisotopic (exact) mass is 576 g/mol. The van der Waals surface area contributed by atoms with E-state index in [0.29, 0.717) is 12.5 Å². The van der Waals surface area contributed by atoms with E-state index in [1.807, 2.05) is 0 Å². The number of hydrogen-bond donors (Lipinski definition) is 5. The van der Waals surface area contributed by atoms with Crippen LogP contribution in [0.3, 0.4) is 0 Å². The minimum atomic E-state index is -2.74. The van der Waals surface area contributed by atoms with E-state index in [1.165, 1.54) is 16.5 Å². The summed E-state index contributed by atoms with van der Waals surface area (Å²) in [4.78, 5) is 54.2. The number of carboxylic acids is 3. The molecule has 0 spiro atoms. The van der Waals surface area contributed by atoms with Crippen molar-refractivity contribution in [2.24, 2.45) is 0 Å². The molecule has 1 fully saturated rings. The van der Waals surface area contributed by atoms with E-state index in [2.05, 4.69) is 72.9 Å². The lowest BCUT2D eigenvalue weighted by molar-refractivity contribution is -0.170. The number of hydrogen-bond acceptors (Lipinski definition) is 7. The third-order valence-corrected chi connectivity index (χ3v) is 7.47. The number of piperidine rings is 1. The summed E-state index contributed by atoms with van der Waals surface area (Å²) in [5, 5.41) is 35.0. The highest BCUT2D eigenvalue weighted by Crippen LogP contribution is 2.27. The fraction of sp³-hybridized carbons (Fsp3) is 0.586. The van der Waals surface area contributed by atoms with Gasteiger partial charge in [0.2, 0.25) is 5.91 Å². The molecule has 12 nitrogen and oxygen atoms in total. The second-order valence-corrected chi connectivity index (χ2v) is 11.0. The van der Waals surface area contributed by atoms with Gasteiger partial charge in [-0.25, -0.2) is 4.79 Å². The fourth-order valence-electron chi connectivity index (χ4n) is 5.08. The van der Waals surface area contributed by atoms with Crippen LogP contribution in [0.2, 0.25) is 0 Å². The molecule has 1 aromatic heterocycles. The van der Waals surface area contributed by atoms with Crippen LogP contribution in [0.5, 0.6) is 0 Å². The molecule has 1 amide bonds. The van der Waals surface area contributed by atoms with Gasteiger partial charge in [0.1, 0.15) is 0 Å². The van der Waals surface area contributed by atoms with E-state index >= 15 is 0 Å². The number of benzene rings is 1. The zero-order chi connectivity index (χ0) is 30.9. The van der Waals surface area contributed by atoms with Gasteiger partial charge in [0.05, 0.1) is 19.3 Å². The number of likely N-dealkylation sites (tertiary alicyclic amines) is 1. The Morgan fingerprint density at radius 2 is 1.61 bits per heavy atom. The molecule has 1 aromatic carbocycles. The van der Waals surface area contributed by atoms with Crippen molar-refractivity contribution < 1.29 is 39.6 Å². The number of likely N-dealkylation sites (N-methyl/N-ethyl adjacent to an activating group) is 1. The molecule has 1 aliphatic heterocycles. The highest BCUT2D eigenvalue weighted by molar-refractivity contribution is 5.92. The van der Waals surface area contributed by atoms with E-state index in [4.69, 9.17) is 20.4 Å². The first-order valence-corrected chi connectivity index (χ1v) is 13.8. The molecule has 228 valence electrons. The van der Waals surface area contributed by atoms with Crippen molar-refractivity contribution in [2.75, 3.05) is 47.3 Å². The molecule has 0 radical (unpaired) electrons. The molecule has 3 rings (SSSR count). The number of carbonyl (C=O) groups excluding carboxylic acids is 1. The lowest BCUT2D eigenvalue weighted by Gasteiger charge is -2.38. The van der Waals surface area contributed by atoms with Gasteiger partial charge in [0.25, 0.3) is 0 Å². The zero-order valence-corrected chi connectivity index (χ0v) is 24.6. The predicted molar refractivity (Wildman–Crippen MR) is 154 cm³/mol. The highest BCUT2D eigenvalue weighted by Gasteiger charge is 2.40. The average molecular weight is 577 g/mol. The van der Waals surface area contributed by atoms with Crippen molar-refractivity contribution >= 4 is 34.7 Å². The normalized spacial score (nSPS) is 14.5. The molecule has 1 aliphatic rings. The SMILES string of the molecule is CCc1cccc2c(CC(=O)N(CCN(C)C)C3CCN(C)CC3)c(C)[nH]c12.O=C(O)CC(O)(CC(=O)O)C(=O)O. The van der Waals surface area contributed by atoms with Crippen LogP contribution in [0.15, 0.2) is 18.2 Å². The molecule has 2 heterocycles. The summed E-state index contributed by atoms with van der Waals surface area (Å²) in [7, 11) is 6.32.